The van der Waals surface area contributed by atoms with Gasteiger partial charge in [0.05, 0.1) is 6.04 Å². The van der Waals surface area contributed by atoms with Crippen LogP contribution in [-0.2, 0) is 6.54 Å². The SMILES string of the molecule is CC(NC(=O)c1csc(CN)n1)c1cccc(Cl)c1. The standard InChI is InChI=1S/C13H14ClN3OS/c1-8(9-3-2-4-10(14)5-9)16-13(18)11-7-19-12(6-15)17-11/h2-5,7-8H,6,15H2,1H3,(H,16,18). The van der Waals surface area contributed by atoms with E-state index in [0.29, 0.717) is 17.3 Å². The summed E-state index contributed by atoms with van der Waals surface area (Å²) in [4.78, 5) is 16.2. The molecule has 0 aliphatic rings. The summed E-state index contributed by atoms with van der Waals surface area (Å²) < 4.78 is 0. The van der Waals surface area contributed by atoms with Crippen molar-refractivity contribution in [3.63, 3.8) is 0 Å². The Labute approximate surface area is 120 Å². The molecular weight excluding hydrogens is 282 g/mol. The van der Waals surface area contributed by atoms with Gasteiger partial charge in [-0.15, -0.1) is 11.3 Å². The fourth-order valence-electron chi connectivity index (χ4n) is 1.64. The van der Waals surface area contributed by atoms with Crippen LogP contribution in [0.2, 0.25) is 5.02 Å². The highest BCUT2D eigenvalue weighted by molar-refractivity contribution is 7.09. The fraction of sp³-hybridized carbons (Fsp3) is 0.231. The Kier molecular flexibility index (Phi) is 4.52. The van der Waals surface area contributed by atoms with E-state index in [0.717, 1.165) is 10.6 Å². The molecule has 0 bridgehead atoms. The van der Waals surface area contributed by atoms with Crippen molar-refractivity contribution in [1.29, 1.82) is 0 Å². The third-order valence-electron chi connectivity index (χ3n) is 2.66. The van der Waals surface area contributed by atoms with E-state index in [1.165, 1.54) is 11.3 Å². The Balaban J connectivity index is 2.06. The average molecular weight is 296 g/mol. The smallest absolute Gasteiger partial charge is 0.271 e. The number of nitrogens with zero attached hydrogens (tertiary/aromatic N) is 1. The van der Waals surface area contributed by atoms with Crippen molar-refractivity contribution in [3.8, 4) is 0 Å². The zero-order valence-corrected chi connectivity index (χ0v) is 12.0. The summed E-state index contributed by atoms with van der Waals surface area (Å²) in [5.74, 6) is -0.205. The summed E-state index contributed by atoms with van der Waals surface area (Å²) in [6, 6.07) is 7.28. The van der Waals surface area contributed by atoms with E-state index >= 15 is 0 Å². The monoisotopic (exact) mass is 295 g/mol. The maximum absolute atomic E-state index is 12.0. The number of nitrogens with one attached hydrogen (secondary N) is 1. The van der Waals surface area contributed by atoms with Gasteiger partial charge in [-0.25, -0.2) is 4.98 Å². The zero-order valence-electron chi connectivity index (χ0n) is 10.4. The minimum absolute atomic E-state index is 0.130. The van der Waals surface area contributed by atoms with Crippen molar-refractivity contribution in [1.82, 2.24) is 10.3 Å². The van der Waals surface area contributed by atoms with Crippen LogP contribution in [0.5, 0.6) is 0 Å². The lowest BCUT2D eigenvalue weighted by atomic mass is 10.1. The lowest BCUT2D eigenvalue weighted by Crippen LogP contribution is -2.27. The third kappa shape index (κ3) is 3.53. The van der Waals surface area contributed by atoms with Crippen LogP contribution in [-0.4, -0.2) is 10.9 Å². The molecule has 1 aromatic carbocycles. The maximum atomic E-state index is 12.0. The first-order valence-electron chi connectivity index (χ1n) is 5.81. The second-order valence-electron chi connectivity index (χ2n) is 4.08. The van der Waals surface area contributed by atoms with Crippen molar-refractivity contribution in [3.05, 3.63) is 50.9 Å². The number of hydrogen-bond donors (Lipinski definition) is 2. The van der Waals surface area contributed by atoms with Crippen LogP contribution in [0, 0.1) is 0 Å². The number of nitrogens with two attached hydrogens (primary N) is 1. The molecule has 3 N–H and O–H groups in total. The summed E-state index contributed by atoms with van der Waals surface area (Å²) in [6.45, 7) is 2.25. The summed E-state index contributed by atoms with van der Waals surface area (Å²) >= 11 is 7.31. The van der Waals surface area contributed by atoms with Crippen LogP contribution in [0.15, 0.2) is 29.6 Å². The lowest BCUT2D eigenvalue weighted by Gasteiger charge is -2.13. The van der Waals surface area contributed by atoms with Crippen molar-refractivity contribution < 1.29 is 4.79 Å². The Morgan fingerprint density at radius 2 is 2.37 bits per heavy atom. The molecule has 0 saturated heterocycles. The molecule has 6 heteroatoms. The largest absolute Gasteiger partial charge is 0.344 e. The van der Waals surface area contributed by atoms with Gasteiger partial charge in [0.1, 0.15) is 10.7 Å². The molecule has 1 aromatic heterocycles. The van der Waals surface area contributed by atoms with Crippen LogP contribution >= 0.6 is 22.9 Å². The number of thiazole rings is 1. The molecule has 0 fully saturated rings. The van der Waals surface area contributed by atoms with Gasteiger partial charge in [-0.1, -0.05) is 23.7 Å². The zero-order chi connectivity index (χ0) is 13.8. The molecule has 1 unspecified atom stereocenters. The molecule has 1 heterocycles. The molecule has 19 heavy (non-hydrogen) atoms. The summed E-state index contributed by atoms with van der Waals surface area (Å²) in [5, 5.41) is 5.99. The van der Waals surface area contributed by atoms with Gasteiger partial charge in [0, 0.05) is 16.9 Å². The molecule has 1 atom stereocenters. The fourth-order valence-corrected chi connectivity index (χ4v) is 2.49. The van der Waals surface area contributed by atoms with E-state index in [9.17, 15) is 4.79 Å². The quantitative estimate of drug-likeness (QED) is 0.911. The predicted molar refractivity (Wildman–Crippen MR) is 77.3 cm³/mol. The minimum atomic E-state index is -0.205. The maximum Gasteiger partial charge on any atom is 0.271 e. The van der Waals surface area contributed by atoms with E-state index in [1.807, 2.05) is 25.1 Å². The van der Waals surface area contributed by atoms with Crippen LogP contribution in [0.4, 0.5) is 0 Å². The second-order valence-corrected chi connectivity index (χ2v) is 5.46. The van der Waals surface area contributed by atoms with Crippen LogP contribution < -0.4 is 11.1 Å². The van der Waals surface area contributed by atoms with Gasteiger partial charge in [-0.05, 0) is 24.6 Å². The van der Waals surface area contributed by atoms with Gasteiger partial charge >= 0.3 is 0 Å². The van der Waals surface area contributed by atoms with Gasteiger partial charge in [0.2, 0.25) is 0 Å². The first kappa shape index (κ1) is 14.0. The summed E-state index contributed by atoms with van der Waals surface area (Å²) in [5.41, 5.74) is 6.83. The second kappa shape index (κ2) is 6.14. The van der Waals surface area contributed by atoms with Gasteiger partial charge in [0.25, 0.3) is 5.91 Å². The highest BCUT2D eigenvalue weighted by atomic mass is 35.5. The number of benzene rings is 1. The lowest BCUT2D eigenvalue weighted by molar-refractivity contribution is 0.0935. The molecule has 4 nitrogen and oxygen atoms in total. The van der Waals surface area contributed by atoms with Gasteiger partial charge in [0.15, 0.2) is 0 Å². The number of halogens is 1. The molecule has 0 aliphatic carbocycles. The molecule has 2 aromatic rings. The van der Waals surface area contributed by atoms with E-state index in [4.69, 9.17) is 17.3 Å². The highest BCUT2D eigenvalue weighted by Gasteiger charge is 2.14. The first-order valence-corrected chi connectivity index (χ1v) is 7.06. The van der Waals surface area contributed by atoms with Gasteiger partial charge in [-0.3, -0.25) is 4.79 Å². The van der Waals surface area contributed by atoms with Crippen molar-refractivity contribution >= 4 is 28.8 Å². The minimum Gasteiger partial charge on any atom is -0.344 e. The molecule has 0 saturated carbocycles. The summed E-state index contributed by atoms with van der Waals surface area (Å²) in [7, 11) is 0. The Bertz CT molecular complexity index is 585. The Morgan fingerprint density at radius 3 is 3.00 bits per heavy atom. The number of rotatable bonds is 4. The number of aromatic nitrogens is 1. The Hall–Kier alpha value is -1.43. The van der Waals surface area contributed by atoms with Crippen LogP contribution in [0.1, 0.15) is 34.0 Å². The van der Waals surface area contributed by atoms with Gasteiger partial charge in [-0.2, -0.15) is 0 Å². The van der Waals surface area contributed by atoms with Crippen molar-refractivity contribution in [2.24, 2.45) is 5.73 Å². The third-order valence-corrected chi connectivity index (χ3v) is 3.76. The normalized spacial score (nSPS) is 12.2. The summed E-state index contributed by atoms with van der Waals surface area (Å²) in [6.07, 6.45) is 0. The number of carbonyl (C=O) groups is 1. The molecule has 0 spiro atoms. The topological polar surface area (TPSA) is 68.0 Å². The molecule has 0 radical (unpaired) electrons. The molecule has 0 aliphatic heterocycles. The van der Waals surface area contributed by atoms with Crippen molar-refractivity contribution in [2.45, 2.75) is 19.5 Å². The van der Waals surface area contributed by atoms with E-state index in [-0.39, 0.29) is 11.9 Å². The molecular formula is C13H14ClN3OS. The molecule has 2 rings (SSSR count). The number of carbonyl (C=O) groups excluding carboxylic acids is 1. The predicted octanol–water partition coefficient (Wildman–Crippen LogP) is 2.75. The van der Waals surface area contributed by atoms with E-state index in [1.54, 1.807) is 11.4 Å². The van der Waals surface area contributed by atoms with Crippen LogP contribution in [0.3, 0.4) is 0 Å². The number of hydrogen-bond acceptors (Lipinski definition) is 4. The van der Waals surface area contributed by atoms with Crippen molar-refractivity contribution in [2.75, 3.05) is 0 Å². The molecule has 100 valence electrons. The van der Waals surface area contributed by atoms with E-state index in [2.05, 4.69) is 10.3 Å². The number of amides is 1. The van der Waals surface area contributed by atoms with Crippen LogP contribution in [0.25, 0.3) is 0 Å². The Morgan fingerprint density at radius 1 is 1.58 bits per heavy atom. The molecule has 1 amide bonds. The highest BCUT2D eigenvalue weighted by Crippen LogP contribution is 2.18. The van der Waals surface area contributed by atoms with Gasteiger partial charge < -0.3 is 11.1 Å². The van der Waals surface area contributed by atoms with E-state index < -0.39 is 0 Å². The first-order chi connectivity index (χ1) is 9.10. The average Bonchev–Trinajstić information content (AvgIpc) is 2.87.